The number of hydrogen-bond donors (Lipinski definition) is 1. The number of fused-ring (bicyclic) bond motifs is 3. The quantitative estimate of drug-likeness (QED) is 0.539. The first kappa shape index (κ1) is 17.0. The summed E-state index contributed by atoms with van der Waals surface area (Å²) >= 11 is 0. The van der Waals surface area contributed by atoms with E-state index in [2.05, 4.69) is 22.6 Å². The second-order valence-electron chi connectivity index (χ2n) is 6.65. The Morgan fingerprint density at radius 1 is 0.852 bits per heavy atom. The number of nitrogens with zero attached hydrogens (tertiary/aromatic N) is 1. The normalized spacial score (nSPS) is 11.6. The summed E-state index contributed by atoms with van der Waals surface area (Å²) in [4.78, 5) is 17.6. The van der Waals surface area contributed by atoms with Gasteiger partial charge in [-0.25, -0.2) is 0 Å². The van der Waals surface area contributed by atoms with Crippen LogP contribution in [0.3, 0.4) is 0 Å². The predicted octanol–water partition coefficient (Wildman–Crippen LogP) is 4.69. The zero-order chi connectivity index (χ0) is 18.8. The molecule has 0 saturated carbocycles. The van der Waals surface area contributed by atoms with Crippen molar-refractivity contribution in [2.45, 2.75) is 13.8 Å². The third-order valence-electron chi connectivity index (χ3n) is 4.80. The van der Waals surface area contributed by atoms with Crippen LogP contribution in [-0.4, -0.2) is 18.2 Å². The molecule has 0 saturated heterocycles. The van der Waals surface area contributed by atoms with E-state index in [0.717, 1.165) is 39.2 Å². The molecule has 0 radical (unpaired) electrons. The van der Waals surface area contributed by atoms with Gasteiger partial charge in [-0.2, -0.15) is 0 Å². The minimum atomic E-state index is -0.234. The second kappa shape index (κ2) is 7.08. The van der Waals surface area contributed by atoms with Crippen molar-refractivity contribution in [3.8, 4) is 11.1 Å². The molecule has 1 aliphatic rings. The van der Waals surface area contributed by atoms with Crippen LogP contribution in [0.15, 0.2) is 71.9 Å². The summed E-state index contributed by atoms with van der Waals surface area (Å²) in [6.07, 6.45) is 0. The van der Waals surface area contributed by atoms with Gasteiger partial charge < -0.3 is 10.2 Å². The van der Waals surface area contributed by atoms with E-state index < -0.39 is 0 Å². The Bertz CT molecular complexity index is 1010. The van der Waals surface area contributed by atoms with E-state index in [0.29, 0.717) is 0 Å². The number of amides is 1. The third-order valence-corrected chi connectivity index (χ3v) is 4.80. The molecule has 4 heteroatoms. The lowest BCUT2D eigenvalue weighted by Gasteiger charge is -2.07. The summed E-state index contributed by atoms with van der Waals surface area (Å²) in [6.45, 7) is 3.92. The van der Waals surface area contributed by atoms with Gasteiger partial charge in [0.05, 0.1) is 0 Å². The second-order valence-corrected chi connectivity index (χ2v) is 6.65. The van der Waals surface area contributed by atoms with Crippen molar-refractivity contribution in [1.29, 1.82) is 0 Å². The molecule has 0 aliphatic heterocycles. The van der Waals surface area contributed by atoms with Crippen molar-refractivity contribution in [3.05, 3.63) is 89.0 Å². The van der Waals surface area contributed by atoms with E-state index >= 15 is 0 Å². The van der Waals surface area contributed by atoms with E-state index in [4.69, 9.17) is 4.84 Å². The Labute approximate surface area is 158 Å². The molecular formula is C23H20N2O2. The van der Waals surface area contributed by atoms with Crippen molar-refractivity contribution >= 4 is 17.3 Å². The number of carbonyl (C=O) groups excluding carboxylic acids is 1. The lowest BCUT2D eigenvalue weighted by Crippen LogP contribution is -2.17. The van der Waals surface area contributed by atoms with E-state index in [9.17, 15) is 4.79 Å². The number of nitrogens with one attached hydrogen (secondary N) is 1. The topological polar surface area (TPSA) is 50.7 Å². The van der Waals surface area contributed by atoms with Gasteiger partial charge in [-0.05, 0) is 48.2 Å². The summed E-state index contributed by atoms with van der Waals surface area (Å²) in [7, 11) is 0. The molecule has 1 aliphatic carbocycles. The van der Waals surface area contributed by atoms with Gasteiger partial charge in [-0.15, -0.1) is 0 Å². The fourth-order valence-corrected chi connectivity index (χ4v) is 3.26. The highest BCUT2D eigenvalue weighted by atomic mass is 16.6. The molecule has 1 amide bonds. The molecule has 27 heavy (non-hydrogen) atoms. The van der Waals surface area contributed by atoms with Gasteiger partial charge in [0.2, 0.25) is 0 Å². The molecule has 1 N–H and O–H groups in total. The maximum atomic E-state index is 12.2. The van der Waals surface area contributed by atoms with E-state index in [-0.39, 0.29) is 12.5 Å². The van der Waals surface area contributed by atoms with Gasteiger partial charge in [-0.3, -0.25) is 4.79 Å². The smallest absolute Gasteiger partial charge is 0.265 e. The highest BCUT2D eigenvalue weighted by Gasteiger charge is 2.24. The molecule has 4 nitrogen and oxygen atoms in total. The molecule has 134 valence electrons. The fourth-order valence-electron chi connectivity index (χ4n) is 3.26. The molecule has 0 heterocycles. The molecule has 4 rings (SSSR count). The number of anilines is 1. The van der Waals surface area contributed by atoms with Crippen LogP contribution in [-0.2, 0) is 9.63 Å². The zero-order valence-corrected chi connectivity index (χ0v) is 15.3. The van der Waals surface area contributed by atoms with E-state index in [1.165, 1.54) is 5.56 Å². The van der Waals surface area contributed by atoms with Crippen LogP contribution in [0.25, 0.3) is 11.1 Å². The molecule has 3 aromatic rings. The summed E-state index contributed by atoms with van der Waals surface area (Å²) in [5.41, 5.74) is 8.16. The summed E-state index contributed by atoms with van der Waals surface area (Å²) in [6, 6.07) is 22.0. The predicted molar refractivity (Wildman–Crippen MR) is 108 cm³/mol. The van der Waals surface area contributed by atoms with Gasteiger partial charge in [0, 0.05) is 16.8 Å². The van der Waals surface area contributed by atoms with Gasteiger partial charge in [0.1, 0.15) is 5.71 Å². The lowest BCUT2D eigenvalue weighted by molar-refractivity contribution is -0.120. The number of hydrogen-bond acceptors (Lipinski definition) is 3. The maximum absolute atomic E-state index is 12.2. The highest BCUT2D eigenvalue weighted by molar-refractivity contribution is 6.24. The Balaban J connectivity index is 1.48. The number of benzene rings is 3. The first-order valence-electron chi connectivity index (χ1n) is 8.90. The SMILES string of the molecule is Cc1ccc(NC(=O)CON=C2c3ccccc3-c3ccccc32)cc1C. The van der Waals surface area contributed by atoms with Crippen LogP contribution >= 0.6 is 0 Å². The van der Waals surface area contributed by atoms with E-state index in [1.807, 2.05) is 68.4 Å². The average Bonchev–Trinajstić information content (AvgIpc) is 2.99. The monoisotopic (exact) mass is 356 g/mol. The standard InChI is InChI=1S/C23H20N2O2/c1-15-11-12-17(13-16(15)2)24-22(26)14-27-25-23-20-9-5-3-7-18(20)19-8-4-6-10-21(19)23/h3-13H,14H2,1-2H3,(H,24,26). The van der Waals surface area contributed by atoms with Crippen LogP contribution in [0.4, 0.5) is 5.69 Å². The fraction of sp³-hybridized carbons (Fsp3) is 0.130. The lowest BCUT2D eigenvalue weighted by atomic mass is 10.1. The van der Waals surface area contributed by atoms with Crippen LogP contribution in [0.2, 0.25) is 0 Å². The number of oxime groups is 1. The van der Waals surface area contributed by atoms with Crippen molar-refractivity contribution in [2.75, 3.05) is 11.9 Å². The van der Waals surface area contributed by atoms with Crippen LogP contribution in [0.1, 0.15) is 22.3 Å². The summed E-state index contributed by atoms with van der Waals surface area (Å²) in [5.74, 6) is -0.234. The van der Waals surface area contributed by atoms with Gasteiger partial charge in [-0.1, -0.05) is 59.8 Å². The molecule has 0 unspecified atom stereocenters. The van der Waals surface area contributed by atoms with Crippen molar-refractivity contribution in [1.82, 2.24) is 0 Å². The molecule has 0 atom stereocenters. The van der Waals surface area contributed by atoms with E-state index in [1.54, 1.807) is 0 Å². The molecule has 3 aromatic carbocycles. The van der Waals surface area contributed by atoms with Crippen molar-refractivity contribution in [2.24, 2.45) is 5.16 Å². The molecule has 0 spiro atoms. The Morgan fingerprint density at radius 2 is 1.44 bits per heavy atom. The van der Waals surface area contributed by atoms with Crippen LogP contribution in [0.5, 0.6) is 0 Å². The Kier molecular flexibility index (Phi) is 4.47. The molecule has 0 fully saturated rings. The highest BCUT2D eigenvalue weighted by Crippen LogP contribution is 2.36. The molecule has 0 bridgehead atoms. The summed E-state index contributed by atoms with van der Waals surface area (Å²) in [5, 5.41) is 7.12. The Morgan fingerprint density at radius 3 is 2.04 bits per heavy atom. The molecular weight excluding hydrogens is 336 g/mol. The summed E-state index contributed by atoms with van der Waals surface area (Å²) < 4.78 is 0. The number of aryl methyl sites for hydroxylation is 2. The first-order chi connectivity index (χ1) is 13.1. The third kappa shape index (κ3) is 3.34. The first-order valence-corrected chi connectivity index (χ1v) is 8.90. The minimum absolute atomic E-state index is 0.138. The molecule has 0 aromatic heterocycles. The van der Waals surface area contributed by atoms with Crippen molar-refractivity contribution < 1.29 is 9.63 Å². The van der Waals surface area contributed by atoms with Crippen molar-refractivity contribution in [3.63, 3.8) is 0 Å². The Hall–Kier alpha value is -3.40. The number of carbonyl (C=O) groups is 1. The van der Waals surface area contributed by atoms with Gasteiger partial charge >= 0.3 is 0 Å². The minimum Gasteiger partial charge on any atom is -0.385 e. The number of rotatable bonds is 4. The van der Waals surface area contributed by atoms with Crippen LogP contribution in [0, 0.1) is 13.8 Å². The average molecular weight is 356 g/mol. The van der Waals surface area contributed by atoms with Gasteiger partial charge in [0.25, 0.3) is 5.91 Å². The van der Waals surface area contributed by atoms with Crippen LogP contribution < -0.4 is 5.32 Å². The zero-order valence-electron chi connectivity index (χ0n) is 15.3. The van der Waals surface area contributed by atoms with Gasteiger partial charge in [0.15, 0.2) is 6.61 Å². The maximum Gasteiger partial charge on any atom is 0.265 e. The largest absolute Gasteiger partial charge is 0.385 e.